The summed E-state index contributed by atoms with van der Waals surface area (Å²) in [6, 6.07) is 3.51. The number of halogens is 1. The summed E-state index contributed by atoms with van der Waals surface area (Å²) in [5, 5.41) is 4.95. The second-order valence-electron chi connectivity index (χ2n) is 3.60. The molecule has 0 saturated carbocycles. The maximum atomic E-state index is 12.1. The minimum atomic E-state index is -3.27. The first kappa shape index (κ1) is 13.9. The topological polar surface area (TPSA) is 49.4 Å². The number of nitrogens with zero attached hydrogens (tertiary/aromatic N) is 1. The van der Waals surface area contributed by atoms with E-state index in [1.54, 1.807) is 24.6 Å². The molecular formula is C9H15ClN2O2S2. The Bertz CT molecular complexity index is 413. The number of sulfonamides is 1. The van der Waals surface area contributed by atoms with Gasteiger partial charge >= 0.3 is 0 Å². The highest BCUT2D eigenvalue weighted by atomic mass is 35.5. The van der Waals surface area contributed by atoms with Gasteiger partial charge in [0.1, 0.15) is 4.21 Å². The summed E-state index contributed by atoms with van der Waals surface area (Å²) in [6.45, 7) is 1.65. The lowest BCUT2D eigenvalue weighted by Gasteiger charge is -2.22. The highest BCUT2D eigenvalue weighted by Gasteiger charge is 2.30. The molecule has 1 atom stereocenters. The first-order chi connectivity index (χ1) is 7.12. The third-order valence-electron chi connectivity index (χ3n) is 2.68. The van der Waals surface area contributed by atoms with E-state index in [0.29, 0.717) is 4.21 Å². The minimum absolute atomic E-state index is 0. The lowest BCUT2D eigenvalue weighted by molar-refractivity contribution is 0.389. The Balaban J connectivity index is 0.00000128. The molecule has 0 radical (unpaired) electrons. The Morgan fingerprint density at radius 2 is 2.31 bits per heavy atom. The second-order valence-corrected chi connectivity index (χ2v) is 6.77. The number of nitrogens with one attached hydrogen (secondary N) is 1. The summed E-state index contributed by atoms with van der Waals surface area (Å²) in [5.74, 6) is 0. The maximum Gasteiger partial charge on any atom is 0.252 e. The van der Waals surface area contributed by atoms with Crippen molar-refractivity contribution in [1.82, 2.24) is 9.62 Å². The molecule has 1 aromatic rings. The Labute approximate surface area is 106 Å². The Hall–Kier alpha value is -0.140. The van der Waals surface area contributed by atoms with Crippen LogP contribution in [0.2, 0.25) is 0 Å². The van der Waals surface area contributed by atoms with E-state index in [9.17, 15) is 8.42 Å². The lowest BCUT2D eigenvalue weighted by Crippen LogP contribution is -2.37. The van der Waals surface area contributed by atoms with Crippen molar-refractivity contribution in [2.24, 2.45) is 0 Å². The molecule has 1 fully saturated rings. The summed E-state index contributed by atoms with van der Waals surface area (Å²) in [6.07, 6.45) is 0.890. The molecule has 16 heavy (non-hydrogen) atoms. The summed E-state index contributed by atoms with van der Waals surface area (Å²) in [5.41, 5.74) is 0. The van der Waals surface area contributed by atoms with Crippen molar-refractivity contribution in [3.05, 3.63) is 17.5 Å². The van der Waals surface area contributed by atoms with Crippen LogP contribution in [0.3, 0.4) is 0 Å². The fourth-order valence-corrected chi connectivity index (χ4v) is 4.26. The molecule has 1 aliphatic rings. The van der Waals surface area contributed by atoms with Crippen molar-refractivity contribution in [3.63, 3.8) is 0 Å². The molecule has 1 aromatic heterocycles. The minimum Gasteiger partial charge on any atom is -0.315 e. The van der Waals surface area contributed by atoms with Gasteiger partial charge in [0.25, 0.3) is 10.0 Å². The molecule has 7 heteroatoms. The SMILES string of the molecule is CN(C1CCNC1)S(=O)(=O)c1cccs1.Cl. The Morgan fingerprint density at radius 3 is 2.81 bits per heavy atom. The molecule has 1 N–H and O–H groups in total. The first-order valence-electron chi connectivity index (χ1n) is 4.84. The lowest BCUT2D eigenvalue weighted by atomic mass is 10.3. The van der Waals surface area contributed by atoms with Gasteiger partial charge in [-0.3, -0.25) is 0 Å². The molecule has 2 rings (SSSR count). The highest BCUT2D eigenvalue weighted by Crippen LogP contribution is 2.22. The van der Waals surface area contributed by atoms with E-state index >= 15 is 0 Å². The normalized spacial score (nSPS) is 21.0. The van der Waals surface area contributed by atoms with E-state index < -0.39 is 10.0 Å². The second kappa shape index (κ2) is 5.46. The Kier molecular flexibility index (Phi) is 4.75. The first-order valence-corrected chi connectivity index (χ1v) is 7.16. The summed E-state index contributed by atoms with van der Waals surface area (Å²) in [7, 11) is -1.61. The molecule has 0 aromatic carbocycles. The maximum absolute atomic E-state index is 12.1. The van der Waals surface area contributed by atoms with Gasteiger partial charge in [-0.05, 0) is 24.4 Å². The molecule has 0 aliphatic carbocycles. The van der Waals surface area contributed by atoms with Gasteiger partial charge in [-0.2, -0.15) is 4.31 Å². The highest BCUT2D eigenvalue weighted by molar-refractivity contribution is 7.91. The monoisotopic (exact) mass is 282 g/mol. The van der Waals surface area contributed by atoms with Crippen molar-refractivity contribution >= 4 is 33.8 Å². The van der Waals surface area contributed by atoms with Crippen LogP contribution in [0.1, 0.15) is 6.42 Å². The van der Waals surface area contributed by atoms with E-state index in [-0.39, 0.29) is 18.4 Å². The largest absolute Gasteiger partial charge is 0.315 e. The third-order valence-corrected chi connectivity index (χ3v) is 5.96. The average molecular weight is 283 g/mol. The fourth-order valence-electron chi connectivity index (χ4n) is 1.70. The summed E-state index contributed by atoms with van der Waals surface area (Å²) < 4.78 is 26.1. The van der Waals surface area contributed by atoms with Crippen LogP contribution in [0.15, 0.2) is 21.7 Å². The van der Waals surface area contributed by atoms with E-state index in [1.807, 2.05) is 0 Å². The van der Waals surface area contributed by atoms with Crippen LogP contribution >= 0.6 is 23.7 Å². The van der Waals surface area contributed by atoms with E-state index in [1.165, 1.54) is 15.6 Å². The van der Waals surface area contributed by atoms with Gasteiger partial charge in [0.05, 0.1) is 0 Å². The molecule has 0 amide bonds. The molecule has 4 nitrogen and oxygen atoms in total. The van der Waals surface area contributed by atoms with Crippen molar-refractivity contribution in [1.29, 1.82) is 0 Å². The van der Waals surface area contributed by atoms with Crippen LogP contribution in [-0.2, 0) is 10.0 Å². The van der Waals surface area contributed by atoms with Gasteiger partial charge in [0.2, 0.25) is 0 Å². The zero-order valence-electron chi connectivity index (χ0n) is 8.92. The van der Waals surface area contributed by atoms with Crippen LogP contribution < -0.4 is 5.32 Å². The molecular weight excluding hydrogens is 268 g/mol. The van der Waals surface area contributed by atoms with Crippen LogP contribution in [0.25, 0.3) is 0 Å². The van der Waals surface area contributed by atoms with E-state index in [4.69, 9.17) is 0 Å². The number of hydrogen-bond acceptors (Lipinski definition) is 4. The number of thiophene rings is 1. The Morgan fingerprint density at radius 1 is 1.56 bits per heavy atom. The molecule has 1 aliphatic heterocycles. The third kappa shape index (κ3) is 2.57. The van der Waals surface area contributed by atoms with Crippen LogP contribution in [-0.4, -0.2) is 38.9 Å². The molecule has 0 spiro atoms. The van der Waals surface area contributed by atoms with Crippen LogP contribution in [0.4, 0.5) is 0 Å². The van der Waals surface area contributed by atoms with Crippen LogP contribution in [0, 0.1) is 0 Å². The van der Waals surface area contributed by atoms with Gasteiger partial charge in [-0.1, -0.05) is 6.07 Å². The zero-order valence-corrected chi connectivity index (χ0v) is 11.4. The fraction of sp³-hybridized carbons (Fsp3) is 0.556. The van der Waals surface area contributed by atoms with Crippen molar-refractivity contribution < 1.29 is 8.42 Å². The molecule has 1 unspecified atom stereocenters. The van der Waals surface area contributed by atoms with Gasteiger partial charge in [0.15, 0.2) is 0 Å². The zero-order chi connectivity index (χ0) is 10.9. The van der Waals surface area contributed by atoms with Crippen LogP contribution in [0.5, 0.6) is 0 Å². The predicted octanol–water partition coefficient (Wildman–Crippen LogP) is 1.15. The van der Waals surface area contributed by atoms with Crippen molar-refractivity contribution in [2.45, 2.75) is 16.7 Å². The van der Waals surface area contributed by atoms with Gasteiger partial charge < -0.3 is 5.32 Å². The van der Waals surface area contributed by atoms with E-state index in [2.05, 4.69) is 5.32 Å². The quantitative estimate of drug-likeness (QED) is 0.905. The van der Waals surface area contributed by atoms with Gasteiger partial charge in [-0.15, -0.1) is 23.7 Å². The molecule has 1 saturated heterocycles. The predicted molar refractivity (Wildman–Crippen MR) is 67.8 cm³/mol. The molecule has 0 bridgehead atoms. The van der Waals surface area contributed by atoms with Gasteiger partial charge in [-0.25, -0.2) is 8.42 Å². The van der Waals surface area contributed by atoms with Crippen molar-refractivity contribution in [3.8, 4) is 0 Å². The standard InChI is InChI=1S/C9H14N2O2S2.ClH/c1-11(8-4-5-10-7-8)15(12,13)9-3-2-6-14-9;/h2-3,6,8,10H,4-5,7H2,1H3;1H. The average Bonchev–Trinajstić information content (AvgIpc) is 2.89. The van der Waals surface area contributed by atoms with Crippen molar-refractivity contribution in [2.75, 3.05) is 20.1 Å². The number of rotatable bonds is 3. The number of hydrogen-bond donors (Lipinski definition) is 1. The van der Waals surface area contributed by atoms with Gasteiger partial charge in [0, 0.05) is 19.6 Å². The number of likely N-dealkylation sites (N-methyl/N-ethyl adjacent to an activating group) is 1. The smallest absolute Gasteiger partial charge is 0.252 e. The summed E-state index contributed by atoms with van der Waals surface area (Å²) in [4.78, 5) is 0. The van der Waals surface area contributed by atoms with E-state index in [0.717, 1.165) is 19.5 Å². The molecule has 92 valence electrons. The summed E-state index contributed by atoms with van der Waals surface area (Å²) >= 11 is 1.27. The molecule has 2 heterocycles.